The van der Waals surface area contributed by atoms with Crippen molar-refractivity contribution in [2.45, 2.75) is 31.9 Å². The van der Waals surface area contributed by atoms with Crippen LogP contribution in [0.1, 0.15) is 19.8 Å². The van der Waals surface area contributed by atoms with E-state index in [0.717, 1.165) is 19.4 Å². The van der Waals surface area contributed by atoms with Gasteiger partial charge in [0.15, 0.2) is 0 Å². The zero-order chi connectivity index (χ0) is 11.2. The topological polar surface area (TPSA) is 122 Å². The normalized spacial score (nSPS) is 27.7. The Hall–Kier alpha value is -0.250. The van der Waals surface area contributed by atoms with Gasteiger partial charge in [0.05, 0.1) is 6.10 Å². The Kier molecular flexibility index (Phi) is 6.16. The first kappa shape index (κ1) is 13.8. The maximum Gasteiger partial charge on any atom is 0.394 e. The van der Waals surface area contributed by atoms with Crippen molar-refractivity contribution in [3.63, 3.8) is 0 Å². The largest absolute Gasteiger partial charge is 0.394 e. The molecule has 0 amide bonds. The van der Waals surface area contributed by atoms with Crippen LogP contribution in [0, 0.1) is 0 Å². The number of nitrogens with one attached hydrogen (secondary N) is 1. The van der Waals surface area contributed by atoms with E-state index in [1.807, 2.05) is 0 Å². The van der Waals surface area contributed by atoms with Gasteiger partial charge in [-0.05, 0) is 26.3 Å². The quantitative estimate of drug-likeness (QED) is 0.348. The number of rotatable bonds is 1. The molecule has 1 heterocycles. The van der Waals surface area contributed by atoms with Gasteiger partial charge in [-0.3, -0.25) is 9.11 Å². The van der Waals surface area contributed by atoms with Gasteiger partial charge in [-0.15, -0.1) is 0 Å². The summed E-state index contributed by atoms with van der Waals surface area (Å²) in [6, 6.07) is 0.562. The lowest BCUT2D eigenvalue weighted by molar-refractivity contribution is 0.0233. The van der Waals surface area contributed by atoms with Gasteiger partial charge in [-0.25, -0.2) is 5.90 Å². The van der Waals surface area contributed by atoms with Crippen LogP contribution in [0.25, 0.3) is 0 Å². The Morgan fingerprint density at radius 2 is 2.00 bits per heavy atom. The zero-order valence-electron chi connectivity index (χ0n) is 7.88. The summed E-state index contributed by atoms with van der Waals surface area (Å²) in [6.07, 6.45) is 2.36. The third-order valence-electron chi connectivity index (χ3n) is 1.77. The molecule has 7 nitrogen and oxygen atoms in total. The first-order valence-corrected chi connectivity index (χ1v) is 5.51. The molecule has 8 heteroatoms. The minimum absolute atomic E-state index is 0.279. The van der Waals surface area contributed by atoms with Crippen LogP contribution in [0.4, 0.5) is 0 Å². The van der Waals surface area contributed by atoms with Crippen LogP contribution < -0.4 is 11.2 Å². The Morgan fingerprint density at radius 1 is 1.50 bits per heavy atom. The van der Waals surface area contributed by atoms with Gasteiger partial charge in [-0.1, -0.05) is 0 Å². The molecule has 5 N–H and O–H groups in total. The second kappa shape index (κ2) is 6.27. The third kappa shape index (κ3) is 9.84. The Bertz CT molecular complexity index is 235. The summed E-state index contributed by atoms with van der Waals surface area (Å²) in [5.74, 6) is 5.04. The third-order valence-corrected chi connectivity index (χ3v) is 1.77. The first-order chi connectivity index (χ1) is 6.33. The van der Waals surface area contributed by atoms with Crippen LogP contribution in [0.15, 0.2) is 0 Å². The highest BCUT2D eigenvalue weighted by Crippen LogP contribution is 2.09. The summed E-state index contributed by atoms with van der Waals surface area (Å²) in [5, 5.41) is 3.31. The van der Waals surface area contributed by atoms with Crippen LogP contribution in [0.5, 0.6) is 0 Å². The van der Waals surface area contributed by atoms with Gasteiger partial charge in [0.25, 0.3) is 0 Å². The Balaban J connectivity index is 0.000000292. The van der Waals surface area contributed by atoms with E-state index in [1.54, 1.807) is 0 Å². The molecule has 1 saturated heterocycles. The summed E-state index contributed by atoms with van der Waals surface area (Å²) in [6.45, 7) is 3.17. The van der Waals surface area contributed by atoms with E-state index in [9.17, 15) is 0 Å². The molecular weight excluding hydrogens is 212 g/mol. The minimum atomic E-state index is -4.67. The standard InChI is InChI=1S/C6H14N2O.H2O4S/c1-5-4-6(9-7)2-3-8-5;1-5(2,3)4/h5-6,8H,2-4,7H2,1H3;(H2,1,2,3,4)/t5-,6-;/m0./s1. The Morgan fingerprint density at radius 3 is 2.29 bits per heavy atom. The minimum Gasteiger partial charge on any atom is -0.314 e. The molecule has 1 rings (SSSR count). The molecule has 0 aromatic heterocycles. The fourth-order valence-corrected chi connectivity index (χ4v) is 1.21. The zero-order valence-corrected chi connectivity index (χ0v) is 8.70. The molecule has 86 valence electrons. The highest BCUT2D eigenvalue weighted by atomic mass is 32.3. The monoisotopic (exact) mass is 228 g/mol. The van der Waals surface area contributed by atoms with Crippen LogP contribution >= 0.6 is 0 Å². The summed E-state index contributed by atoms with van der Waals surface area (Å²) in [4.78, 5) is 4.72. The summed E-state index contributed by atoms with van der Waals surface area (Å²) >= 11 is 0. The molecule has 0 radical (unpaired) electrons. The molecule has 0 unspecified atom stereocenters. The molecule has 1 fully saturated rings. The van der Waals surface area contributed by atoms with Crippen molar-refractivity contribution in [1.82, 2.24) is 5.32 Å². The van der Waals surface area contributed by atoms with E-state index in [4.69, 9.17) is 28.3 Å². The highest BCUT2D eigenvalue weighted by molar-refractivity contribution is 7.79. The number of hydrogen-bond acceptors (Lipinski definition) is 5. The molecule has 0 bridgehead atoms. The Labute approximate surface area is 83.2 Å². The van der Waals surface area contributed by atoms with E-state index in [0.29, 0.717) is 6.04 Å². The van der Waals surface area contributed by atoms with Crippen LogP contribution in [0.2, 0.25) is 0 Å². The number of hydrogen-bond donors (Lipinski definition) is 4. The van der Waals surface area contributed by atoms with Crippen molar-refractivity contribution in [1.29, 1.82) is 0 Å². The van der Waals surface area contributed by atoms with Crippen LogP contribution in [-0.2, 0) is 15.2 Å². The average Bonchev–Trinajstić information content (AvgIpc) is 2.01. The van der Waals surface area contributed by atoms with Gasteiger partial charge in [-0.2, -0.15) is 8.42 Å². The molecule has 0 spiro atoms. The van der Waals surface area contributed by atoms with E-state index in [-0.39, 0.29) is 6.10 Å². The smallest absolute Gasteiger partial charge is 0.314 e. The molecule has 0 aliphatic carbocycles. The van der Waals surface area contributed by atoms with Crippen molar-refractivity contribution in [2.24, 2.45) is 5.90 Å². The van der Waals surface area contributed by atoms with E-state index >= 15 is 0 Å². The second-order valence-electron chi connectivity index (χ2n) is 3.09. The lowest BCUT2D eigenvalue weighted by Gasteiger charge is -2.25. The van der Waals surface area contributed by atoms with Crippen molar-refractivity contribution in [3.05, 3.63) is 0 Å². The van der Waals surface area contributed by atoms with Gasteiger partial charge in [0, 0.05) is 6.04 Å². The van der Waals surface area contributed by atoms with E-state index < -0.39 is 10.4 Å². The average molecular weight is 228 g/mol. The van der Waals surface area contributed by atoms with Crippen molar-refractivity contribution in [2.75, 3.05) is 6.54 Å². The molecule has 1 aliphatic heterocycles. The molecule has 2 atom stereocenters. The van der Waals surface area contributed by atoms with Crippen molar-refractivity contribution in [3.8, 4) is 0 Å². The van der Waals surface area contributed by atoms with Gasteiger partial charge >= 0.3 is 10.4 Å². The molecule has 0 saturated carbocycles. The first-order valence-electron chi connectivity index (χ1n) is 4.11. The molecule has 0 aromatic rings. The van der Waals surface area contributed by atoms with E-state index in [1.165, 1.54) is 0 Å². The van der Waals surface area contributed by atoms with Crippen molar-refractivity contribution < 1.29 is 22.4 Å². The van der Waals surface area contributed by atoms with Gasteiger partial charge < -0.3 is 10.2 Å². The van der Waals surface area contributed by atoms with Gasteiger partial charge in [0.2, 0.25) is 0 Å². The molecule has 14 heavy (non-hydrogen) atoms. The summed E-state index contributed by atoms with van der Waals surface area (Å²) in [5.41, 5.74) is 0. The maximum atomic E-state index is 8.74. The summed E-state index contributed by atoms with van der Waals surface area (Å²) in [7, 11) is -4.67. The predicted octanol–water partition coefficient (Wildman–Crippen LogP) is -0.636. The van der Waals surface area contributed by atoms with Crippen LogP contribution in [0.3, 0.4) is 0 Å². The van der Waals surface area contributed by atoms with Gasteiger partial charge in [0.1, 0.15) is 0 Å². The SMILES string of the molecule is C[C@H]1C[C@@H](ON)CCN1.O=S(=O)(O)O. The lowest BCUT2D eigenvalue weighted by atomic mass is 10.0. The maximum absolute atomic E-state index is 8.74. The highest BCUT2D eigenvalue weighted by Gasteiger charge is 2.17. The predicted molar refractivity (Wildman–Crippen MR) is 49.9 cm³/mol. The van der Waals surface area contributed by atoms with E-state index in [2.05, 4.69) is 12.2 Å². The lowest BCUT2D eigenvalue weighted by Crippen LogP contribution is -2.40. The van der Waals surface area contributed by atoms with Crippen LogP contribution in [-0.4, -0.2) is 36.2 Å². The number of nitrogens with two attached hydrogens (primary N) is 1. The van der Waals surface area contributed by atoms with Crippen molar-refractivity contribution >= 4 is 10.4 Å². The fraction of sp³-hybridized carbons (Fsp3) is 1.00. The molecule has 1 aliphatic rings. The summed E-state index contributed by atoms with van der Waals surface area (Å²) < 4.78 is 31.6. The molecular formula is C6H16N2O5S. The second-order valence-corrected chi connectivity index (χ2v) is 3.98. The number of piperidine rings is 1. The molecule has 0 aromatic carbocycles. The fourth-order valence-electron chi connectivity index (χ4n) is 1.21.